The molecule has 0 unspecified atom stereocenters. The van der Waals surface area contributed by atoms with Gasteiger partial charge in [0.15, 0.2) is 0 Å². The lowest BCUT2D eigenvalue weighted by Crippen LogP contribution is -2.54. The van der Waals surface area contributed by atoms with Crippen molar-refractivity contribution < 1.29 is 33.5 Å². The number of likely N-dealkylation sites (tertiary alicyclic amines) is 1. The van der Waals surface area contributed by atoms with Crippen LogP contribution in [0.1, 0.15) is 52.0 Å². The van der Waals surface area contributed by atoms with Gasteiger partial charge in [-0.1, -0.05) is 30.3 Å². The molecule has 2 aliphatic rings. The zero-order valence-corrected chi connectivity index (χ0v) is 19.0. The molecule has 4 amide bonds. The van der Waals surface area contributed by atoms with Gasteiger partial charge >= 0.3 is 12.1 Å². The predicted molar refractivity (Wildman–Crippen MR) is 115 cm³/mol. The number of rotatable bonds is 6. The van der Waals surface area contributed by atoms with Gasteiger partial charge in [-0.2, -0.15) is 0 Å². The van der Waals surface area contributed by atoms with Crippen LogP contribution in [-0.2, 0) is 35.2 Å². The van der Waals surface area contributed by atoms with Crippen molar-refractivity contribution >= 4 is 29.8 Å². The summed E-state index contributed by atoms with van der Waals surface area (Å²) < 4.78 is 5.31. The Bertz CT molecular complexity index is 910. The Kier molecular flexibility index (Phi) is 7.35. The van der Waals surface area contributed by atoms with Crippen LogP contribution in [0.3, 0.4) is 0 Å². The lowest BCUT2D eigenvalue weighted by atomic mass is 10.0. The number of hydrogen-bond donors (Lipinski definition) is 1. The highest BCUT2D eigenvalue weighted by Gasteiger charge is 2.42. The van der Waals surface area contributed by atoms with Gasteiger partial charge in [0.25, 0.3) is 11.8 Å². The molecule has 3 rings (SSSR count). The monoisotopic (exact) mass is 459 g/mol. The third-order valence-corrected chi connectivity index (χ3v) is 5.27. The first-order valence-electron chi connectivity index (χ1n) is 11.0. The lowest BCUT2D eigenvalue weighted by Gasteiger charge is -2.29. The van der Waals surface area contributed by atoms with Gasteiger partial charge in [0.05, 0.1) is 0 Å². The normalized spacial score (nSPS) is 19.4. The number of alkyl carbamates (subject to hydrolysis) is 1. The minimum Gasteiger partial charge on any atom is -0.444 e. The number of nitrogens with one attached hydrogen (secondary N) is 1. The van der Waals surface area contributed by atoms with E-state index in [1.54, 1.807) is 20.8 Å². The first-order chi connectivity index (χ1) is 15.5. The molecule has 2 saturated heterocycles. The number of benzene rings is 1. The average Bonchev–Trinajstić information content (AvgIpc) is 3.35. The molecule has 0 spiro atoms. The standard InChI is InChI=1S/C23H29N3O7/c1-23(2,3)32-22(31)24-16(14-15-8-5-4-6-9-15)20(29)25-13-7-10-17(25)21(30)33-26-18(27)11-12-19(26)28/h4-6,8-9,16-17H,7,10-14H2,1-3H3,(H,24,31)/t16-,17+/m1/s1. The fourth-order valence-corrected chi connectivity index (χ4v) is 3.78. The SMILES string of the molecule is CC(C)(C)OC(=O)N[C@H](Cc1ccccc1)C(=O)N1CCC[C@H]1C(=O)ON1C(=O)CCC1=O. The van der Waals surface area contributed by atoms with E-state index in [1.807, 2.05) is 30.3 Å². The fraction of sp³-hybridized carbons (Fsp3) is 0.522. The fourth-order valence-electron chi connectivity index (χ4n) is 3.78. The highest BCUT2D eigenvalue weighted by atomic mass is 16.7. The molecule has 0 aliphatic carbocycles. The second kappa shape index (κ2) is 10.0. The zero-order chi connectivity index (χ0) is 24.2. The summed E-state index contributed by atoms with van der Waals surface area (Å²) in [6.45, 7) is 5.43. The van der Waals surface area contributed by atoms with Crippen LogP contribution in [-0.4, -0.2) is 64.0 Å². The Morgan fingerprint density at radius 3 is 2.33 bits per heavy atom. The van der Waals surface area contributed by atoms with Gasteiger partial charge in [-0.3, -0.25) is 14.4 Å². The maximum atomic E-state index is 13.4. The number of carbonyl (C=O) groups is 5. The van der Waals surface area contributed by atoms with Crippen LogP contribution in [0.5, 0.6) is 0 Å². The Morgan fingerprint density at radius 2 is 1.73 bits per heavy atom. The molecule has 2 fully saturated rings. The van der Waals surface area contributed by atoms with Gasteiger partial charge in [0, 0.05) is 25.8 Å². The number of carbonyl (C=O) groups excluding carboxylic acids is 5. The van der Waals surface area contributed by atoms with Crippen LogP contribution in [0.15, 0.2) is 30.3 Å². The number of hydroxylamine groups is 2. The van der Waals surface area contributed by atoms with E-state index in [-0.39, 0.29) is 25.8 Å². The number of imide groups is 1. The Labute approximate surface area is 192 Å². The summed E-state index contributed by atoms with van der Waals surface area (Å²) in [5, 5.41) is 3.10. The van der Waals surface area contributed by atoms with E-state index >= 15 is 0 Å². The topological polar surface area (TPSA) is 122 Å². The summed E-state index contributed by atoms with van der Waals surface area (Å²) in [5.74, 6) is -2.49. The summed E-state index contributed by atoms with van der Waals surface area (Å²) in [6, 6.07) is 7.21. The minimum absolute atomic E-state index is 0.0155. The highest BCUT2D eigenvalue weighted by Crippen LogP contribution is 2.23. The van der Waals surface area contributed by atoms with Crippen molar-refractivity contribution in [1.29, 1.82) is 0 Å². The number of nitrogens with zero attached hydrogens (tertiary/aromatic N) is 2. The van der Waals surface area contributed by atoms with Gasteiger partial charge in [-0.15, -0.1) is 5.06 Å². The summed E-state index contributed by atoms with van der Waals surface area (Å²) in [6.07, 6.45) is 0.281. The predicted octanol–water partition coefficient (Wildman–Crippen LogP) is 1.72. The molecule has 10 nitrogen and oxygen atoms in total. The van der Waals surface area contributed by atoms with Crippen LogP contribution < -0.4 is 5.32 Å². The first-order valence-corrected chi connectivity index (χ1v) is 11.0. The van der Waals surface area contributed by atoms with E-state index in [0.717, 1.165) is 5.56 Å². The third kappa shape index (κ3) is 6.30. The van der Waals surface area contributed by atoms with Crippen molar-refractivity contribution in [1.82, 2.24) is 15.3 Å². The molecule has 33 heavy (non-hydrogen) atoms. The molecule has 1 aromatic rings. The summed E-state index contributed by atoms with van der Waals surface area (Å²) >= 11 is 0. The molecular weight excluding hydrogens is 430 g/mol. The van der Waals surface area contributed by atoms with Crippen molar-refractivity contribution in [2.24, 2.45) is 0 Å². The van der Waals surface area contributed by atoms with Gasteiger partial charge in [-0.25, -0.2) is 9.59 Å². The second-order valence-electron chi connectivity index (χ2n) is 9.07. The van der Waals surface area contributed by atoms with Crippen molar-refractivity contribution in [2.45, 2.75) is 70.6 Å². The summed E-state index contributed by atoms with van der Waals surface area (Å²) in [5.41, 5.74) is 0.0673. The molecule has 0 bridgehead atoms. The Hall–Kier alpha value is -3.43. The number of hydrogen-bond acceptors (Lipinski definition) is 7. The van der Waals surface area contributed by atoms with E-state index in [4.69, 9.17) is 9.57 Å². The van der Waals surface area contributed by atoms with E-state index < -0.39 is 47.5 Å². The van der Waals surface area contributed by atoms with Crippen LogP contribution in [0.2, 0.25) is 0 Å². The van der Waals surface area contributed by atoms with Crippen molar-refractivity contribution in [3.8, 4) is 0 Å². The van der Waals surface area contributed by atoms with Gasteiger partial charge in [0.1, 0.15) is 17.7 Å². The van der Waals surface area contributed by atoms with Crippen LogP contribution in [0.25, 0.3) is 0 Å². The molecule has 2 heterocycles. The van der Waals surface area contributed by atoms with Crippen LogP contribution in [0.4, 0.5) is 4.79 Å². The number of ether oxygens (including phenoxy) is 1. The summed E-state index contributed by atoms with van der Waals surface area (Å²) in [4.78, 5) is 68.5. The average molecular weight is 459 g/mol. The number of amides is 4. The van der Waals surface area contributed by atoms with Crippen molar-refractivity contribution in [3.63, 3.8) is 0 Å². The smallest absolute Gasteiger partial charge is 0.408 e. The van der Waals surface area contributed by atoms with Gasteiger partial charge in [0.2, 0.25) is 5.91 Å². The van der Waals surface area contributed by atoms with Crippen LogP contribution in [0, 0.1) is 0 Å². The van der Waals surface area contributed by atoms with E-state index in [2.05, 4.69) is 5.32 Å². The van der Waals surface area contributed by atoms with Gasteiger partial charge < -0.3 is 19.8 Å². The summed E-state index contributed by atoms with van der Waals surface area (Å²) in [7, 11) is 0. The molecule has 2 aliphatic heterocycles. The minimum atomic E-state index is -0.981. The largest absolute Gasteiger partial charge is 0.444 e. The molecule has 0 saturated carbocycles. The highest BCUT2D eigenvalue weighted by molar-refractivity contribution is 6.02. The Morgan fingerprint density at radius 1 is 1.09 bits per heavy atom. The molecular formula is C23H29N3O7. The van der Waals surface area contributed by atoms with E-state index in [9.17, 15) is 24.0 Å². The lowest BCUT2D eigenvalue weighted by molar-refractivity contribution is -0.200. The molecule has 178 valence electrons. The third-order valence-electron chi connectivity index (χ3n) is 5.27. The zero-order valence-electron chi connectivity index (χ0n) is 19.0. The quantitative estimate of drug-likeness (QED) is 0.643. The van der Waals surface area contributed by atoms with E-state index in [0.29, 0.717) is 17.9 Å². The molecule has 1 aromatic carbocycles. The molecule has 2 atom stereocenters. The van der Waals surface area contributed by atoms with Crippen LogP contribution >= 0.6 is 0 Å². The van der Waals surface area contributed by atoms with Crippen molar-refractivity contribution in [2.75, 3.05) is 6.54 Å². The molecule has 1 N–H and O–H groups in total. The van der Waals surface area contributed by atoms with Crippen molar-refractivity contribution in [3.05, 3.63) is 35.9 Å². The Balaban J connectivity index is 1.75. The molecule has 0 radical (unpaired) electrons. The maximum Gasteiger partial charge on any atom is 0.408 e. The molecule has 0 aromatic heterocycles. The molecule has 10 heteroatoms. The van der Waals surface area contributed by atoms with Gasteiger partial charge in [-0.05, 0) is 39.2 Å². The maximum absolute atomic E-state index is 13.4. The first kappa shape index (κ1) is 24.2. The van der Waals surface area contributed by atoms with E-state index in [1.165, 1.54) is 4.90 Å². The second-order valence-corrected chi connectivity index (χ2v) is 9.07.